The van der Waals surface area contributed by atoms with Gasteiger partial charge in [-0.1, -0.05) is 6.92 Å². The second-order valence-electron chi connectivity index (χ2n) is 4.69. The standard InChI is InChI=1S/C13H20N2O/c1-10(8-15-12-5-6-12)9-16-13-4-3-7-14-11(13)2/h3-4,7,10,12,15H,5-6,8-9H2,1-2H3. The van der Waals surface area contributed by atoms with Crippen LogP contribution in [0.25, 0.3) is 0 Å². The Labute approximate surface area is 97.2 Å². The lowest BCUT2D eigenvalue weighted by Crippen LogP contribution is -2.26. The Morgan fingerprint density at radius 3 is 3.06 bits per heavy atom. The van der Waals surface area contributed by atoms with Crippen LogP contribution in [-0.4, -0.2) is 24.2 Å². The molecule has 0 spiro atoms. The fourth-order valence-corrected chi connectivity index (χ4v) is 1.57. The molecule has 1 heterocycles. The molecule has 3 heteroatoms. The number of aromatic nitrogens is 1. The largest absolute Gasteiger partial charge is 0.491 e. The first-order valence-corrected chi connectivity index (χ1v) is 6.03. The van der Waals surface area contributed by atoms with Crippen molar-refractivity contribution >= 4 is 0 Å². The second-order valence-corrected chi connectivity index (χ2v) is 4.69. The van der Waals surface area contributed by atoms with Crippen molar-refractivity contribution in [1.82, 2.24) is 10.3 Å². The van der Waals surface area contributed by atoms with Gasteiger partial charge < -0.3 is 10.1 Å². The molecule has 1 aliphatic carbocycles. The summed E-state index contributed by atoms with van der Waals surface area (Å²) in [6.07, 6.45) is 4.48. The Hall–Kier alpha value is -1.09. The molecule has 2 rings (SSSR count). The number of nitrogens with zero attached hydrogens (tertiary/aromatic N) is 1. The minimum absolute atomic E-state index is 0.542. The van der Waals surface area contributed by atoms with Crippen LogP contribution in [0.15, 0.2) is 18.3 Å². The molecule has 3 nitrogen and oxygen atoms in total. The molecule has 0 aromatic carbocycles. The summed E-state index contributed by atoms with van der Waals surface area (Å²) in [5.74, 6) is 1.45. The molecule has 1 aromatic heterocycles. The van der Waals surface area contributed by atoms with Crippen LogP contribution >= 0.6 is 0 Å². The van der Waals surface area contributed by atoms with Crippen LogP contribution in [-0.2, 0) is 0 Å². The predicted molar refractivity (Wildman–Crippen MR) is 64.7 cm³/mol. The lowest BCUT2D eigenvalue weighted by atomic mass is 10.2. The normalized spacial score (nSPS) is 17.1. The molecule has 0 saturated heterocycles. The van der Waals surface area contributed by atoms with Crippen molar-refractivity contribution in [3.63, 3.8) is 0 Å². The first kappa shape index (κ1) is 11.4. The van der Waals surface area contributed by atoms with Gasteiger partial charge in [-0.15, -0.1) is 0 Å². The van der Waals surface area contributed by atoms with Crippen LogP contribution < -0.4 is 10.1 Å². The van der Waals surface area contributed by atoms with Crippen LogP contribution in [0.4, 0.5) is 0 Å². The van der Waals surface area contributed by atoms with Crippen LogP contribution in [0.2, 0.25) is 0 Å². The molecular formula is C13H20N2O. The molecule has 0 aliphatic heterocycles. The average Bonchev–Trinajstić information content (AvgIpc) is 3.09. The molecule has 0 amide bonds. The molecular weight excluding hydrogens is 200 g/mol. The number of aryl methyl sites for hydroxylation is 1. The topological polar surface area (TPSA) is 34.1 Å². The molecule has 88 valence electrons. The fraction of sp³-hybridized carbons (Fsp3) is 0.615. The monoisotopic (exact) mass is 220 g/mol. The van der Waals surface area contributed by atoms with E-state index in [0.717, 1.165) is 30.6 Å². The predicted octanol–water partition coefficient (Wildman–Crippen LogP) is 2.16. The smallest absolute Gasteiger partial charge is 0.140 e. The maximum atomic E-state index is 5.75. The quantitative estimate of drug-likeness (QED) is 0.797. The summed E-state index contributed by atoms with van der Waals surface area (Å²) in [5, 5.41) is 3.51. The highest BCUT2D eigenvalue weighted by Crippen LogP contribution is 2.19. The van der Waals surface area contributed by atoms with Gasteiger partial charge in [-0.05, 0) is 31.9 Å². The SMILES string of the molecule is Cc1ncccc1OCC(C)CNC1CC1. The van der Waals surface area contributed by atoms with Crippen molar-refractivity contribution < 1.29 is 4.74 Å². The van der Waals surface area contributed by atoms with Crippen LogP contribution in [0, 0.1) is 12.8 Å². The highest BCUT2D eigenvalue weighted by Gasteiger charge is 2.20. The van der Waals surface area contributed by atoms with Crippen LogP contribution in [0.5, 0.6) is 5.75 Å². The zero-order valence-corrected chi connectivity index (χ0v) is 10.1. The third kappa shape index (κ3) is 3.49. The van der Waals surface area contributed by atoms with Gasteiger partial charge in [0.25, 0.3) is 0 Å². The zero-order chi connectivity index (χ0) is 11.4. The molecule has 16 heavy (non-hydrogen) atoms. The van der Waals surface area contributed by atoms with Gasteiger partial charge in [0.05, 0.1) is 12.3 Å². The van der Waals surface area contributed by atoms with Gasteiger partial charge in [0, 0.05) is 24.7 Å². The number of pyridine rings is 1. The summed E-state index contributed by atoms with van der Waals surface area (Å²) in [7, 11) is 0. The zero-order valence-electron chi connectivity index (χ0n) is 10.1. The molecule has 1 unspecified atom stereocenters. The lowest BCUT2D eigenvalue weighted by Gasteiger charge is -2.14. The third-order valence-electron chi connectivity index (χ3n) is 2.81. The summed E-state index contributed by atoms with van der Waals surface area (Å²) in [6.45, 7) is 5.99. The van der Waals surface area contributed by atoms with E-state index in [1.807, 2.05) is 19.1 Å². The van der Waals surface area contributed by atoms with Crippen molar-refractivity contribution in [1.29, 1.82) is 0 Å². The molecule has 1 N–H and O–H groups in total. The minimum Gasteiger partial charge on any atom is -0.491 e. The van der Waals surface area contributed by atoms with Gasteiger partial charge in [0.15, 0.2) is 0 Å². The first-order chi connectivity index (χ1) is 7.75. The Bertz CT molecular complexity index is 336. The molecule has 1 aromatic rings. The van der Waals surface area contributed by atoms with Gasteiger partial charge in [-0.2, -0.15) is 0 Å². The molecule has 1 saturated carbocycles. The molecule has 0 bridgehead atoms. The summed E-state index contributed by atoms with van der Waals surface area (Å²) in [6, 6.07) is 4.67. The van der Waals surface area contributed by atoms with E-state index in [1.165, 1.54) is 12.8 Å². The van der Waals surface area contributed by atoms with Gasteiger partial charge in [-0.3, -0.25) is 4.98 Å². The van der Waals surface area contributed by atoms with Gasteiger partial charge in [-0.25, -0.2) is 0 Å². The molecule has 1 fully saturated rings. The van der Waals surface area contributed by atoms with Crippen LogP contribution in [0.1, 0.15) is 25.5 Å². The van der Waals surface area contributed by atoms with E-state index in [-0.39, 0.29) is 0 Å². The van der Waals surface area contributed by atoms with Crippen molar-refractivity contribution in [2.45, 2.75) is 32.7 Å². The Morgan fingerprint density at radius 1 is 1.56 bits per heavy atom. The van der Waals surface area contributed by atoms with Gasteiger partial charge >= 0.3 is 0 Å². The average molecular weight is 220 g/mol. The maximum absolute atomic E-state index is 5.75. The number of hydrogen-bond donors (Lipinski definition) is 1. The highest BCUT2D eigenvalue weighted by molar-refractivity contribution is 5.25. The third-order valence-corrected chi connectivity index (χ3v) is 2.81. The Morgan fingerprint density at radius 2 is 2.38 bits per heavy atom. The van der Waals surface area contributed by atoms with Gasteiger partial charge in [0.1, 0.15) is 5.75 Å². The minimum atomic E-state index is 0.542. The van der Waals surface area contributed by atoms with Gasteiger partial charge in [0.2, 0.25) is 0 Å². The van der Waals surface area contributed by atoms with E-state index in [4.69, 9.17) is 4.74 Å². The maximum Gasteiger partial charge on any atom is 0.140 e. The number of ether oxygens (including phenoxy) is 1. The molecule has 1 aliphatic rings. The molecule has 1 atom stereocenters. The van der Waals surface area contributed by atoms with E-state index in [1.54, 1.807) is 6.20 Å². The summed E-state index contributed by atoms with van der Waals surface area (Å²) in [5.41, 5.74) is 0.963. The van der Waals surface area contributed by atoms with Crippen molar-refractivity contribution in [2.75, 3.05) is 13.2 Å². The summed E-state index contributed by atoms with van der Waals surface area (Å²) in [4.78, 5) is 4.20. The van der Waals surface area contributed by atoms with Crippen molar-refractivity contribution in [2.24, 2.45) is 5.92 Å². The Kier molecular flexibility index (Phi) is 3.78. The highest BCUT2D eigenvalue weighted by atomic mass is 16.5. The van der Waals surface area contributed by atoms with E-state index in [0.29, 0.717) is 5.92 Å². The lowest BCUT2D eigenvalue weighted by molar-refractivity contribution is 0.253. The van der Waals surface area contributed by atoms with Crippen LogP contribution in [0.3, 0.4) is 0 Å². The first-order valence-electron chi connectivity index (χ1n) is 6.03. The molecule has 0 radical (unpaired) electrons. The van der Waals surface area contributed by atoms with E-state index < -0.39 is 0 Å². The summed E-state index contributed by atoms with van der Waals surface area (Å²) >= 11 is 0. The van der Waals surface area contributed by atoms with E-state index in [2.05, 4.69) is 17.2 Å². The second kappa shape index (κ2) is 5.30. The van der Waals surface area contributed by atoms with E-state index >= 15 is 0 Å². The van der Waals surface area contributed by atoms with Crippen molar-refractivity contribution in [3.05, 3.63) is 24.0 Å². The summed E-state index contributed by atoms with van der Waals surface area (Å²) < 4.78 is 5.75. The van der Waals surface area contributed by atoms with E-state index in [9.17, 15) is 0 Å². The number of nitrogens with one attached hydrogen (secondary N) is 1. The fourth-order valence-electron chi connectivity index (χ4n) is 1.57. The Balaban J connectivity index is 1.71. The van der Waals surface area contributed by atoms with Crippen molar-refractivity contribution in [3.8, 4) is 5.75 Å². The number of hydrogen-bond acceptors (Lipinski definition) is 3. The number of rotatable bonds is 6.